The van der Waals surface area contributed by atoms with E-state index in [0.29, 0.717) is 5.69 Å². The van der Waals surface area contributed by atoms with Gasteiger partial charge in [-0.05, 0) is 30.7 Å². The fourth-order valence-corrected chi connectivity index (χ4v) is 2.47. The number of hydrogen-bond donors (Lipinski definition) is 2. The van der Waals surface area contributed by atoms with Crippen LogP contribution < -0.4 is 10.9 Å². The number of hydrazine groups is 1. The Hall–Kier alpha value is -2.68. The number of carbonyl (C=O) groups is 2. The van der Waals surface area contributed by atoms with Gasteiger partial charge in [0, 0.05) is 11.5 Å². The molecule has 0 bridgehead atoms. The zero-order valence-electron chi connectivity index (χ0n) is 13.1. The molecule has 0 radical (unpaired) electrons. The molecule has 1 heterocycles. The summed E-state index contributed by atoms with van der Waals surface area (Å²) in [4.78, 5) is 27.4. The quantitative estimate of drug-likeness (QED) is 0.643. The summed E-state index contributed by atoms with van der Waals surface area (Å²) >= 11 is 1.41. The van der Waals surface area contributed by atoms with Crippen molar-refractivity contribution in [1.82, 2.24) is 15.8 Å². The average Bonchev–Trinajstić information content (AvgIpc) is 2.95. The Kier molecular flexibility index (Phi) is 5.92. The second-order valence-corrected chi connectivity index (χ2v) is 6.09. The van der Waals surface area contributed by atoms with Gasteiger partial charge in [-0.3, -0.25) is 20.4 Å². The third-order valence-electron chi connectivity index (χ3n) is 2.97. The van der Waals surface area contributed by atoms with E-state index in [1.165, 1.54) is 29.5 Å². The number of carbonyl (C=O) groups excluding carboxylic acids is 2. The Morgan fingerprint density at radius 2 is 2.04 bits per heavy atom. The first-order chi connectivity index (χ1) is 11.7. The molecule has 0 aliphatic rings. The Morgan fingerprint density at radius 1 is 1.28 bits per heavy atom. The van der Waals surface area contributed by atoms with Gasteiger partial charge in [-0.1, -0.05) is 12.1 Å². The molecule has 0 aliphatic carbocycles. The van der Waals surface area contributed by atoms with Crippen LogP contribution in [0.5, 0.6) is 0 Å². The fourth-order valence-electron chi connectivity index (χ4n) is 1.86. The summed E-state index contributed by atoms with van der Waals surface area (Å²) in [5, 5.41) is 2.57. The Morgan fingerprint density at radius 3 is 2.68 bits per heavy atom. The molecular formula is C16H14F3N3O2S. The average molecular weight is 369 g/mol. The molecule has 0 spiro atoms. The maximum absolute atomic E-state index is 12.6. The van der Waals surface area contributed by atoms with Crippen LogP contribution in [0.15, 0.2) is 35.7 Å². The number of rotatable bonds is 4. The highest BCUT2D eigenvalue weighted by Gasteiger charge is 2.30. The van der Waals surface area contributed by atoms with Gasteiger partial charge in [-0.2, -0.15) is 13.2 Å². The zero-order chi connectivity index (χ0) is 18.4. The molecule has 2 amide bonds. The topological polar surface area (TPSA) is 71.1 Å². The fraction of sp³-hybridized carbons (Fsp3) is 0.188. The minimum absolute atomic E-state index is 0.0158. The van der Waals surface area contributed by atoms with E-state index in [0.717, 1.165) is 23.2 Å². The smallest absolute Gasteiger partial charge is 0.273 e. The number of hydrogen-bond acceptors (Lipinski definition) is 4. The Bertz CT molecular complexity index is 800. The first-order valence-electron chi connectivity index (χ1n) is 7.09. The predicted octanol–water partition coefficient (Wildman–Crippen LogP) is 2.87. The summed E-state index contributed by atoms with van der Waals surface area (Å²) in [6, 6.07) is 4.55. The minimum atomic E-state index is -4.45. The summed E-state index contributed by atoms with van der Waals surface area (Å²) in [5.74, 6) is -1.12. The molecule has 2 rings (SSSR count). The molecule has 1 aromatic carbocycles. The highest BCUT2D eigenvalue weighted by atomic mass is 32.1. The summed E-state index contributed by atoms with van der Waals surface area (Å²) in [6.45, 7) is 1.81. The van der Waals surface area contributed by atoms with Gasteiger partial charge in [0.05, 0.1) is 22.7 Å². The number of benzene rings is 1. The Balaban J connectivity index is 1.85. The van der Waals surface area contributed by atoms with Crippen molar-refractivity contribution in [3.05, 3.63) is 57.6 Å². The lowest BCUT2D eigenvalue weighted by molar-refractivity contribution is -0.137. The standard InChI is InChI=1S/C16H14F3N3O2S/c1-10-20-13(9-25-10)8-15(24)22-21-14(23)6-5-11-3-2-4-12(7-11)16(17,18)19/h2-7,9H,8H2,1H3,(H,21,23)(H,22,24). The van der Waals surface area contributed by atoms with Gasteiger partial charge in [0.15, 0.2) is 0 Å². The highest BCUT2D eigenvalue weighted by molar-refractivity contribution is 7.09. The van der Waals surface area contributed by atoms with Gasteiger partial charge >= 0.3 is 6.18 Å². The van der Waals surface area contributed by atoms with Crippen LogP contribution in [0.4, 0.5) is 13.2 Å². The molecule has 132 valence electrons. The summed E-state index contributed by atoms with van der Waals surface area (Å²) in [7, 11) is 0. The van der Waals surface area contributed by atoms with E-state index < -0.39 is 23.6 Å². The molecular weight excluding hydrogens is 355 g/mol. The van der Waals surface area contributed by atoms with Crippen molar-refractivity contribution >= 4 is 29.2 Å². The van der Waals surface area contributed by atoms with Gasteiger partial charge in [0.25, 0.3) is 5.91 Å². The molecule has 0 atom stereocenters. The molecule has 0 unspecified atom stereocenters. The normalized spacial score (nSPS) is 11.5. The van der Waals surface area contributed by atoms with Crippen molar-refractivity contribution in [3.8, 4) is 0 Å². The lowest BCUT2D eigenvalue weighted by Crippen LogP contribution is -2.41. The number of aromatic nitrogens is 1. The molecule has 25 heavy (non-hydrogen) atoms. The second-order valence-electron chi connectivity index (χ2n) is 5.03. The van der Waals surface area contributed by atoms with Gasteiger partial charge in [0.1, 0.15) is 0 Å². The highest BCUT2D eigenvalue weighted by Crippen LogP contribution is 2.29. The first-order valence-corrected chi connectivity index (χ1v) is 7.97. The maximum atomic E-state index is 12.6. The molecule has 5 nitrogen and oxygen atoms in total. The van der Waals surface area contributed by atoms with Crippen LogP contribution in [-0.4, -0.2) is 16.8 Å². The zero-order valence-corrected chi connectivity index (χ0v) is 13.9. The first kappa shape index (κ1) is 18.7. The molecule has 0 aliphatic heterocycles. The van der Waals surface area contributed by atoms with Gasteiger partial charge < -0.3 is 0 Å². The second kappa shape index (κ2) is 7.93. The predicted molar refractivity (Wildman–Crippen MR) is 87.3 cm³/mol. The van der Waals surface area contributed by atoms with Crippen molar-refractivity contribution in [1.29, 1.82) is 0 Å². The number of nitrogens with zero attached hydrogens (tertiary/aromatic N) is 1. The molecule has 9 heteroatoms. The van der Waals surface area contributed by atoms with Crippen LogP contribution in [0, 0.1) is 6.92 Å². The van der Waals surface area contributed by atoms with E-state index in [9.17, 15) is 22.8 Å². The lowest BCUT2D eigenvalue weighted by atomic mass is 10.1. The SMILES string of the molecule is Cc1nc(CC(=O)NNC(=O)C=Cc2cccc(C(F)(F)F)c2)cs1. The van der Waals surface area contributed by atoms with Crippen molar-refractivity contribution in [2.45, 2.75) is 19.5 Å². The van der Waals surface area contributed by atoms with Crippen molar-refractivity contribution in [2.24, 2.45) is 0 Å². The van der Waals surface area contributed by atoms with Gasteiger partial charge in [-0.15, -0.1) is 11.3 Å². The van der Waals surface area contributed by atoms with E-state index in [1.807, 2.05) is 6.92 Å². The van der Waals surface area contributed by atoms with E-state index in [-0.39, 0.29) is 12.0 Å². The van der Waals surface area contributed by atoms with Gasteiger partial charge in [-0.25, -0.2) is 4.98 Å². The number of alkyl halides is 3. The van der Waals surface area contributed by atoms with Crippen LogP contribution in [0.25, 0.3) is 6.08 Å². The van der Waals surface area contributed by atoms with E-state index in [2.05, 4.69) is 15.8 Å². The van der Waals surface area contributed by atoms with Crippen molar-refractivity contribution in [2.75, 3.05) is 0 Å². The van der Waals surface area contributed by atoms with Crippen molar-refractivity contribution in [3.63, 3.8) is 0 Å². The van der Waals surface area contributed by atoms with Crippen molar-refractivity contribution < 1.29 is 22.8 Å². The summed E-state index contributed by atoms with van der Waals surface area (Å²) < 4.78 is 37.8. The molecule has 0 saturated carbocycles. The van der Waals surface area contributed by atoms with Crippen LogP contribution in [0.1, 0.15) is 21.8 Å². The monoisotopic (exact) mass is 369 g/mol. The Labute approximate surface area is 145 Å². The molecule has 1 aromatic heterocycles. The summed E-state index contributed by atoms with van der Waals surface area (Å²) in [6.07, 6.45) is -2.18. The molecule has 2 aromatic rings. The third-order valence-corrected chi connectivity index (χ3v) is 3.80. The minimum Gasteiger partial charge on any atom is -0.273 e. The van der Waals surface area contributed by atoms with E-state index >= 15 is 0 Å². The van der Waals surface area contributed by atoms with Gasteiger partial charge in [0.2, 0.25) is 5.91 Å². The number of halogens is 3. The number of thiazole rings is 1. The van der Waals surface area contributed by atoms with Crippen LogP contribution in [-0.2, 0) is 22.2 Å². The third kappa shape index (κ3) is 6.03. The van der Waals surface area contributed by atoms with Crippen LogP contribution in [0.2, 0.25) is 0 Å². The lowest BCUT2D eigenvalue weighted by Gasteiger charge is -2.07. The number of aryl methyl sites for hydroxylation is 1. The summed E-state index contributed by atoms with van der Waals surface area (Å²) in [5.41, 5.74) is 4.36. The van der Waals surface area contributed by atoms with Crippen LogP contribution in [0.3, 0.4) is 0 Å². The molecule has 2 N–H and O–H groups in total. The largest absolute Gasteiger partial charge is 0.416 e. The van der Waals surface area contributed by atoms with E-state index in [4.69, 9.17) is 0 Å². The van der Waals surface area contributed by atoms with E-state index in [1.54, 1.807) is 5.38 Å². The molecule has 0 fully saturated rings. The maximum Gasteiger partial charge on any atom is 0.416 e. The number of nitrogens with one attached hydrogen (secondary N) is 2. The number of amides is 2. The molecule has 0 saturated heterocycles. The van der Waals surface area contributed by atoms with Crippen LogP contribution >= 0.6 is 11.3 Å².